The normalized spacial score (nSPS) is 23.4. The molecule has 0 radical (unpaired) electrons. The number of aliphatic hydroxyl groups is 1. The Hall–Kier alpha value is -2.42. The van der Waals surface area contributed by atoms with E-state index >= 15 is 0 Å². The second kappa shape index (κ2) is 10.1. The van der Waals surface area contributed by atoms with Crippen molar-refractivity contribution in [3.05, 3.63) is 36.2 Å². The van der Waals surface area contributed by atoms with Gasteiger partial charge in [0.25, 0.3) is 6.47 Å². The lowest BCUT2D eigenvalue weighted by Crippen LogP contribution is -2.46. The summed E-state index contributed by atoms with van der Waals surface area (Å²) in [4.78, 5) is 17.7. The molecule has 2 fully saturated rings. The second-order valence-corrected chi connectivity index (χ2v) is 8.12. The average Bonchev–Trinajstić information content (AvgIpc) is 3.35. The lowest BCUT2D eigenvalue weighted by atomic mass is 10.1. The fraction of sp³-hybridized carbons (Fsp3) is 0.545. The van der Waals surface area contributed by atoms with Crippen LogP contribution in [0.5, 0.6) is 0 Å². The molecule has 3 atom stereocenters. The number of aliphatic hydroxyl groups excluding tert-OH is 1. The first kappa shape index (κ1) is 22.3. The number of aryl methyl sites for hydroxylation is 1. The lowest BCUT2D eigenvalue weighted by molar-refractivity contribution is -0.122. The number of hydrogen-bond acceptors (Lipinski definition) is 6. The van der Waals surface area contributed by atoms with Crippen LogP contribution in [0.1, 0.15) is 24.4 Å². The third-order valence-electron chi connectivity index (χ3n) is 5.95. The maximum absolute atomic E-state index is 9.19. The highest BCUT2D eigenvalue weighted by atomic mass is 16.5. The first-order chi connectivity index (χ1) is 14.5. The van der Waals surface area contributed by atoms with Gasteiger partial charge in [-0.15, -0.1) is 0 Å². The van der Waals surface area contributed by atoms with Gasteiger partial charge >= 0.3 is 0 Å². The Kier molecular flexibility index (Phi) is 7.47. The van der Waals surface area contributed by atoms with Crippen molar-refractivity contribution in [2.75, 3.05) is 45.3 Å². The molecule has 8 heteroatoms. The van der Waals surface area contributed by atoms with E-state index in [1.165, 1.54) is 16.8 Å². The summed E-state index contributed by atoms with van der Waals surface area (Å²) in [7, 11) is 4.13. The summed E-state index contributed by atoms with van der Waals surface area (Å²) in [6.45, 7) is 4.81. The van der Waals surface area contributed by atoms with E-state index in [2.05, 4.69) is 59.8 Å². The first-order valence-electron chi connectivity index (χ1n) is 10.3. The molecule has 3 heterocycles. The molecule has 164 valence electrons. The summed E-state index contributed by atoms with van der Waals surface area (Å²) in [6.07, 6.45) is 6.00. The van der Waals surface area contributed by atoms with Crippen LogP contribution in [0, 0.1) is 6.92 Å². The molecule has 1 aromatic carbocycles. The zero-order chi connectivity index (χ0) is 21.7. The van der Waals surface area contributed by atoms with Crippen molar-refractivity contribution in [2.24, 2.45) is 0 Å². The van der Waals surface area contributed by atoms with E-state index in [4.69, 9.17) is 19.6 Å². The molecule has 0 spiro atoms. The van der Waals surface area contributed by atoms with Crippen molar-refractivity contribution in [2.45, 2.75) is 38.0 Å². The van der Waals surface area contributed by atoms with Gasteiger partial charge in [-0.3, -0.25) is 9.69 Å². The Morgan fingerprint density at radius 2 is 2.07 bits per heavy atom. The summed E-state index contributed by atoms with van der Waals surface area (Å²) in [6, 6.07) is 7.45. The molecule has 30 heavy (non-hydrogen) atoms. The molecular weight excluding hydrogens is 384 g/mol. The number of anilines is 1. The number of nitrogens with zero attached hydrogens (tertiary/aromatic N) is 4. The Labute approximate surface area is 177 Å². The highest BCUT2D eigenvalue weighted by Crippen LogP contribution is 2.35. The molecule has 1 aromatic heterocycles. The lowest BCUT2D eigenvalue weighted by Gasteiger charge is -2.34. The minimum atomic E-state index is -0.250. The highest BCUT2D eigenvalue weighted by molar-refractivity contribution is 5.65. The minimum Gasteiger partial charge on any atom is -0.483 e. The molecule has 2 aliphatic heterocycles. The van der Waals surface area contributed by atoms with Gasteiger partial charge < -0.3 is 24.4 Å². The quantitative estimate of drug-likeness (QED) is 0.721. The Balaban J connectivity index is 0.000000806. The third kappa shape index (κ3) is 4.83. The van der Waals surface area contributed by atoms with Crippen molar-refractivity contribution in [3.8, 4) is 11.4 Å². The van der Waals surface area contributed by atoms with Gasteiger partial charge in [-0.05, 0) is 43.5 Å². The number of benzene rings is 1. The van der Waals surface area contributed by atoms with Crippen LogP contribution in [0.2, 0.25) is 0 Å². The van der Waals surface area contributed by atoms with Gasteiger partial charge in [-0.2, -0.15) is 0 Å². The summed E-state index contributed by atoms with van der Waals surface area (Å²) in [5, 5.41) is 16.1. The van der Waals surface area contributed by atoms with Crippen molar-refractivity contribution in [3.63, 3.8) is 0 Å². The molecule has 2 saturated heterocycles. The largest absolute Gasteiger partial charge is 0.483 e. The van der Waals surface area contributed by atoms with Crippen molar-refractivity contribution in [1.82, 2.24) is 14.5 Å². The number of ether oxygens (including phenoxy) is 1. The number of rotatable bonds is 5. The van der Waals surface area contributed by atoms with E-state index < -0.39 is 0 Å². The van der Waals surface area contributed by atoms with Gasteiger partial charge in [0.05, 0.1) is 12.7 Å². The maximum Gasteiger partial charge on any atom is 0.290 e. The van der Waals surface area contributed by atoms with Crippen LogP contribution in [-0.2, 0) is 9.53 Å². The van der Waals surface area contributed by atoms with Gasteiger partial charge in [0.1, 0.15) is 5.82 Å². The molecule has 8 nitrogen and oxygen atoms in total. The van der Waals surface area contributed by atoms with Crippen LogP contribution >= 0.6 is 0 Å². The number of carbonyl (C=O) groups is 1. The number of imidazole rings is 1. The minimum absolute atomic E-state index is 0.160. The Morgan fingerprint density at radius 1 is 1.30 bits per heavy atom. The van der Waals surface area contributed by atoms with Crippen molar-refractivity contribution < 1.29 is 19.7 Å². The van der Waals surface area contributed by atoms with E-state index in [0.717, 1.165) is 38.4 Å². The average molecular weight is 417 g/mol. The zero-order valence-corrected chi connectivity index (χ0v) is 17.9. The molecule has 2 aliphatic rings. The molecule has 0 amide bonds. The summed E-state index contributed by atoms with van der Waals surface area (Å²) in [5.74, 6) is 1.05. The van der Waals surface area contributed by atoms with E-state index in [0.29, 0.717) is 12.1 Å². The predicted octanol–water partition coefficient (Wildman–Crippen LogP) is 2.02. The van der Waals surface area contributed by atoms with Crippen LogP contribution in [-0.4, -0.2) is 83.7 Å². The topological polar surface area (TPSA) is 91.1 Å². The van der Waals surface area contributed by atoms with E-state index in [1.807, 2.05) is 6.20 Å². The molecular formula is C22H32N4O4. The fourth-order valence-electron chi connectivity index (χ4n) is 4.43. The zero-order valence-electron chi connectivity index (χ0n) is 17.9. The van der Waals surface area contributed by atoms with E-state index in [-0.39, 0.29) is 19.2 Å². The van der Waals surface area contributed by atoms with Gasteiger partial charge in [0.2, 0.25) is 0 Å². The number of morpholine rings is 1. The SMILES string of the molecule is Cc1cc(N(C)C)ccc1-c1nccn1[C@H]1C[C@H]2CO[C@@H](CCO)CN2C1.O=CO. The van der Waals surface area contributed by atoms with Gasteiger partial charge in [0, 0.05) is 69.5 Å². The molecule has 0 aliphatic carbocycles. The van der Waals surface area contributed by atoms with Crippen LogP contribution in [0.15, 0.2) is 30.6 Å². The van der Waals surface area contributed by atoms with Crippen LogP contribution in [0.3, 0.4) is 0 Å². The Morgan fingerprint density at radius 3 is 2.73 bits per heavy atom. The molecule has 2 N–H and O–H groups in total. The third-order valence-corrected chi connectivity index (χ3v) is 5.95. The summed E-state index contributed by atoms with van der Waals surface area (Å²) < 4.78 is 8.28. The molecule has 4 rings (SSSR count). The molecule has 0 saturated carbocycles. The summed E-state index contributed by atoms with van der Waals surface area (Å²) in [5.41, 5.74) is 3.65. The van der Waals surface area contributed by atoms with Crippen LogP contribution < -0.4 is 4.90 Å². The van der Waals surface area contributed by atoms with Crippen LogP contribution in [0.25, 0.3) is 11.4 Å². The van der Waals surface area contributed by atoms with Gasteiger partial charge in [-0.1, -0.05) is 0 Å². The predicted molar refractivity (Wildman–Crippen MR) is 116 cm³/mol. The highest BCUT2D eigenvalue weighted by Gasteiger charge is 2.38. The summed E-state index contributed by atoms with van der Waals surface area (Å²) >= 11 is 0. The molecule has 0 bridgehead atoms. The first-order valence-corrected chi connectivity index (χ1v) is 10.3. The second-order valence-electron chi connectivity index (χ2n) is 8.12. The monoisotopic (exact) mass is 416 g/mol. The fourth-order valence-corrected chi connectivity index (χ4v) is 4.43. The van der Waals surface area contributed by atoms with Gasteiger partial charge in [-0.25, -0.2) is 4.98 Å². The number of hydrogen-bond donors (Lipinski definition) is 2. The maximum atomic E-state index is 9.19. The standard InChI is InChI=1S/C21H30N4O2.CH2O2/c1-15-10-16(23(2)3)4-5-20(15)21-22-7-8-25(21)17-11-18-14-27-19(6-9-26)13-24(18)12-17;2-1-3/h4-5,7-8,10,17-19,26H,6,9,11-14H2,1-3H3;1H,(H,2,3)/t17-,18-,19-;/m0./s1. The van der Waals surface area contributed by atoms with Crippen LogP contribution in [0.4, 0.5) is 5.69 Å². The van der Waals surface area contributed by atoms with E-state index in [1.54, 1.807) is 0 Å². The number of carboxylic acid groups (broad SMARTS) is 1. The van der Waals surface area contributed by atoms with Crippen molar-refractivity contribution >= 4 is 12.2 Å². The van der Waals surface area contributed by atoms with Crippen molar-refractivity contribution in [1.29, 1.82) is 0 Å². The Bertz CT molecular complexity index is 838. The number of aromatic nitrogens is 2. The van der Waals surface area contributed by atoms with Gasteiger partial charge in [0.15, 0.2) is 0 Å². The van der Waals surface area contributed by atoms with E-state index in [9.17, 15) is 5.11 Å². The smallest absolute Gasteiger partial charge is 0.290 e. The molecule has 2 aromatic rings. The molecule has 0 unspecified atom stereocenters. The number of fused-ring (bicyclic) bond motifs is 1.